The number of hydrogen-bond acceptors (Lipinski definition) is 9. The molecule has 4 amide bonds. The zero-order chi connectivity index (χ0) is 39.9. The average Bonchev–Trinajstić information content (AvgIpc) is 3.87. The van der Waals surface area contributed by atoms with Crippen LogP contribution in [-0.4, -0.2) is 68.3 Å². The minimum Gasteiger partial charge on any atom is -0.508 e. The first-order chi connectivity index (χ1) is 27.4. The summed E-state index contributed by atoms with van der Waals surface area (Å²) in [5.41, 5.74) is 3.00. The summed E-state index contributed by atoms with van der Waals surface area (Å²) in [6.45, 7) is 4.07. The zero-order valence-corrected chi connectivity index (χ0v) is 33.2. The van der Waals surface area contributed by atoms with Gasteiger partial charge in [-0.05, 0) is 104 Å². The molecule has 13 heteroatoms. The van der Waals surface area contributed by atoms with E-state index in [-0.39, 0.29) is 55.6 Å². The van der Waals surface area contributed by atoms with E-state index in [2.05, 4.69) is 0 Å². The summed E-state index contributed by atoms with van der Waals surface area (Å²) < 4.78 is 8.29. The smallest absolute Gasteiger partial charge is 0.242 e. The number of carbonyl (C=O) groups is 4. The van der Waals surface area contributed by atoms with Gasteiger partial charge in [0.1, 0.15) is 29.6 Å². The quantitative estimate of drug-likeness (QED) is 0.122. The number of anilines is 1. The van der Waals surface area contributed by atoms with Crippen LogP contribution >= 0.6 is 22.9 Å². The molecule has 292 valence electrons. The summed E-state index contributed by atoms with van der Waals surface area (Å²) in [6.07, 6.45) is 3.08. The highest BCUT2D eigenvalue weighted by molar-refractivity contribution is 7.22. The second kappa shape index (κ2) is 14.0. The molecule has 1 saturated carbocycles. The van der Waals surface area contributed by atoms with Crippen LogP contribution in [0.1, 0.15) is 42.4 Å². The highest BCUT2D eigenvalue weighted by Gasteiger charge is 2.68. The van der Waals surface area contributed by atoms with Crippen LogP contribution in [-0.2, 0) is 32.6 Å². The van der Waals surface area contributed by atoms with Crippen molar-refractivity contribution in [2.24, 2.45) is 36.1 Å². The zero-order valence-electron chi connectivity index (χ0n) is 31.6. The van der Waals surface area contributed by atoms with E-state index in [4.69, 9.17) is 21.4 Å². The maximum Gasteiger partial charge on any atom is 0.242 e. The van der Waals surface area contributed by atoms with Crippen molar-refractivity contribution >= 4 is 62.5 Å². The van der Waals surface area contributed by atoms with E-state index in [1.54, 1.807) is 65.5 Å². The molecule has 2 N–H and O–H groups in total. The third-order valence-electron chi connectivity index (χ3n) is 12.7. The van der Waals surface area contributed by atoms with Gasteiger partial charge in [0.25, 0.3) is 0 Å². The van der Waals surface area contributed by atoms with Gasteiger partial charge in [-0.3, -0.25) is 28.8 Å². The summed E-state index contributed by atoms with van der Waals surface area (Å²) in [4.78, 5) is 61.9. The number of benzene rings is 3. The van der Waals surface area contributed by atoms with Gasteiger partial charge in [0, 0.05) is 35.3 Å². The lowest BCUT2D eigenvalue weighted by atomic mass is 9.51. The molecular weight excluding hydrogens is 764 g/mol. The van der Waals surface area contributed by atoms with Gasteiger partial charge in [-0.15, -0.1) is 11.3 Å². The number of allylic oxidation sites excluding steroid dienone is 2. The number of aryl methyl sites for hydroxylation is 2. The summed E-state index contributed by atoms with van der Waals surface area (Å²) in [5.74, 6) is -3.15. The Morgan fingerprint density at radius 1 is 0.965 bits per heavy atom. The fourth-order valence-electron chi connectivity index (χ4n) is 9.94. The van der Waals surface area contributed by atoms with E-state index < -0.39 is 35.0 Å². The van der Waals surface area contributed by atoms with Crippen molar-refractivity contribution in [1.82, 2.24) is 14.7 Å². The van der Waals surface area contributed by atoms with E-state index >= 15 is 4.79 Å². The Labute approximate surface area is 338 Å². The van der Waals surface area contributed by atoms with Crippen molar-refractivity contribution < 1.29 is 34.1 Å². The topological polar surface area (TPSA) is 142 Å². The number of phenols is 1. The fourth-order valence-corrected chi connectivity index (χ4v) is 11.3. The minimum absolute atomic E-state index is 0.127. The SMILES string of the molecule is Cc1c(-c2cc(N3C(=O)C4CC5C(=CCC6C(=O)N(CCc7ccc(O)cc7)C(=O)C65)C(c5ccc(OCCO)cc5)C4(C)C3=O)n(C)n2)sc2ccc(Cl)cc12. The second-order valence-electron chi connectivity index (χ2n) is 15.8. The first kappa shape index (κ1) is 37.3. The van der Waals surface area contributed by atoms with Gasteiger partial charge in [-0.2, -0.15) is 5.10 Å². The molecule has 6 atom stereocenters. The highest BCUT2D eigenvalue weighted by atomic mass is 35.5. The molecule has 3 fully saturated rings. The van der Waals surface area contributed by atoms with Crippen LogP contribution in [0.15, 0.2) is 84.4 Å². The maximum atomic E-state index is 15.1. The Morgan fingerprint density at radius 2 is 1.72 bits per heavy atom. The normalized spacial score (nSPS) is 25.6. The molecule has 57 heavy (non-hydrogen) atoms. The number of ether oxygens (including phenoxy) is 1. The highest BCUT2D eigenvalue weighted by Crippen LogP contribution is 2.63. The van der Waals surface area contributed by atoms with Crippen molar-refractivity contribution in [3.63, 3.8) is 0 Å². The predicted molar refractivity (Wildman–Crippen MR) is 216 cm³/mol. The Bertz CT molecular complexity index is 2510. The van der Waals surface area contributed by atoms with Crippen LogP contribution in [0.5, 0.6) is 11.5 Å². The van der Waals surface area contributed by atoms with E-state index in [9.17, 15) is 24.6 Å². The number of fused-ring (bicyclic) bond motifs is 5. The Kier molecular flexibility index (Phi) is 9.13. The van der Waals surface area contributed by atoms with E-state index in [1.165, 1.54) is 9.80 Å². The lowest BCUT2D eigenvalue weighted by Gasteiger charge is -2.49. The van der Waals surface area contributed by atoms with Crippen LogP contribution in [0.2, 0.25) is 5.02 Å². The van der Waals surface area contributed by atoms with Gasteiger partial charge >= 0.3 is 0 Å². The third kappa shape index (κ3) is 5.82. The summed E-state index contributed by atoms with van der Waals surface area (Å²) >= 11 is 7.90. The van der Waals surface area contributed by atoms with Gasteiger partial charge in [0.2, 0.25) is 23.6 Å². The molecule has 4 aliphatic rings. The number of phenolic OH excluding ortho intramolecular Hbond substituents is 1. The number of halogens is 1. The Balaban J connectivity index is 1.09. The number of aliphatic hydroxyl groups is 1. The number of amides is 4. The van der Waals surface area contributed by atoms with Crippen molar-refractivity contribution in [2.75, 3.05) is 24.7 Å². The molecule has 6 unspecified atom stereocenters. The number of nitrogens with zero attached hydrogens (tertiary/aromatic N) is 4. The van der Waals surface area contributed by atoms with Crippen LogP contribution in [0.25, 0.3) is 20.7 Å². The number of likely N-dealkylation sites (tertiary alicyclic amines) is 1. The molecule has 4 heterocycles. The lowest BCUT2D eigenvalue weighted by Crippen LogP contribution is -2.49. The number of imide groups is 2. The largest absolute Gasteiger partial charge is 0.508 e. The van der Waals surface area contributed by atoms with E-state index in [1.807, 2.05) is 50.3 Å². The lowest BCUT2D eigenvalue weighted by molar-refractivity contribution is -0.140. The maximum absolute atomic E-state index is 15.1. The van der Waals surface area contributed by atoms with Crippen LogP contribution in [0.3, 0.4) is 0 Å². The van der Waals surface area contributed by atoms with Crippen LogP contribution in [0.4, 0.5) is 5.82 Å². The predicted octanol–water partition coefficient (Wildman–Crippen LogP) is 6.81. The minimum atomic E-state index is -1.22. The number of thiophene rings is 1. The third-order valence-corrected chi connectivity index (χ3v) is 14.2. The molecule has 0 bridgehead atoms. The van der Waals surface area contributed by atoms with Crippen molar-refractivity contribution in [2.45, 2.75) is 39.0 Å². The standard InChI is InChI=1S/C44H41ClN4O7S/c1-23-31-20-26(45)8-15-35(31)57-39(23)34-22-36(47(3)46-34)49-41(53)33-21-32-29(38(44(33,2)43(49)55)25-6-11-28(12-7-25)56-19-18-50)13-14-30-37(32)42(54)48(40(30)52)17-16-24-4-9-27(51)10-5-24/h4-13,15,20,22,30,32-33,37-38,50-51H,14,16-19,21H2,1-3H3. The number of carbonyl (C=O) groups excluding carboxylic acids is 4. The molecule has 2 aromatic heterocycles. The number of aliphatic hydroxyl groups excluding tert-OH is 1. The molecule has 2 aliphatic carbocycles. The molecule has 3 aromatic carbocycles. The van der Waals surface area contributed by atoms with Crippen LogP contribution in [0, 0.1) is 36.0 Å². The molecule has 0 radical (unpaired) electrons. The summed E-state index contributed by atoms with van der Waals surface area (Å²) in [6, 6.07) is 21.6. The molecule has 0 spiro atoms. The van der Waals surface area contributed by atoms with Crippen LogP contribution < -0.4 is 9.64 Å². The second-order valence-corrected chi connectivity index (χ2v) is 17.2. The van der Waals surface area contributed by atoms with Gasteiger partial charge < -0.3 is 14.9 Å². The molecule has 2 aliphatic heterocycles. The van der Waals surface area contributed by atoms with Gasteiger partial charge in [0.15, 0.2) is 0 Å². The first-order valence-corrected chi connectivity index (χ1v) is 20.4. The number of aromatic hydroxyl groups is 1. The number of aromatic nitrogens is 2. The fraction of sp³-hybridized carbons (Fsp3) is 0.341. The molecular formula is C44H41ClN4O7S. The summed E-state index contributed by atoms with van der Waals surface area (Å²) in [5, 5.41) is 25.5. The van der Waals surface area contributed by atoms with Crippen molar-refractivity contribution in [3.8, 4) is 22.1 Å². The van der Waals surface area contributed by atoms with Crippen molar-refractivity contribution in [1.29, 1.82) is 0 Å². The molecule has 9 rings (SSSR count). The molecule has 11 nitrogen and oxygen atoms in total. The molecule has 5 aromatic rings. The Hall–Kier alpha value is -5.30. The van der Waals surface area contributed by atoms with Gasteiger partial charge in [0.05, 0.1) is 34.7 Å². The van der Waals surface area contributed by atoms with Gasteiger partial charge in [-0.25, -0.2) is 4.90 Å². The van der Waals surface area contributed by atoms with Gasteiger partial charge in [-0.1, -0.05) is 47.5 Å². The summed E-state index contributed by atoms with van der Waals surface area (Å²) in [7, 11) is 1.73. The first-order valence-electron chi connectivity index (χ1n) is 19.2. The Morgan fingerprint density at radius 3 is 2.46 bits per heavy atom. The van der Waals surface area contributed by atoms with E-state index in [0.29, 0.717) is 35.1 Å². The number of rotatable bonds is 9. The molecule has 2 saturated heterocycles. The number of hydrogen-bond donors (Lipinski definition) is 2. The van der Waals surface area contributed by atoms with Crippen molar-refractivity contribution in [3.05, 3.63) is 106 Å². The van der Waals surface area contributed by atoms with E-state index in [0.717, 1.165) is 37.2 Å². The monoisotopic (exact) mass is 804 g/mol. The average molecular weight is 805 g/mol.